The van der Waals surface area contributed by atoms with Gasteiger partial charge in [0, 0.05) is 10.8 Å². The lowest BCUT2D eigenvalue weighted by Gasteiger charge is -2.03. The highest BCUT2D eigenvalue weighted by Gasteiger charge is 2.13. The van der Waals surface area contributed by atoms with E-state index in [0.29, 0.717) is 10.8 Å². The quantitative estimate of drug-likeness (QED) is 0.486. The number of thiazole rings is 1. The number of aromatic nitrogens is 3. The van der Waals surface area contributed by atoms with E-state index in [4.69, 9.17) is 11.6 Å². The molecule has 7 heteroatoms. The van der Waals surface area contributed by atoms with Gasteiger partial charge in [-0.25, -0.2) is 4.39 Å². The molecule has 4 aromatic rings. The van der Waals surface area contributed by atoms with E-state index in [1.54, 1.807) is 17.4 Å². The van der Waals surface area contributed by atoms with E-state index in [-0.39, 0.29) is 5.82 Å². The molecule has 0 radical (unpaired) electrons. The third-order valence-corrected chi connectivity index (χ3v) is 5.62. The second-order valence-corrected chi connectivity index (χ2v) is 7.05. The first-order chi connectivity index (χ1) is 10.7. The van der Waals surface area contributed by atoms with Crippen LogP contribution in [0.1, 0.15) is 5.56 Å². The van der Waals surface area contributed by atoms with Gasteiger partial charge in [-0.05, 0) is 29.8 Å². The number of hydrogen-bond acceptors (Lipinski definition) is 4. The number of thioether (sulfide) groups is 1. The number of benzene rings is 2. The summed E-state index contributed by atoms with van der Waals surface area (Å²) in [4.78, 5) is 0.869. The van der Waals surface area contributed by atoms with Gasteiger partial charge in [0.1, 0.15) is 5.82 Å². The van der Waals surface area contributed by atoms with Gasteiger partial charge in [-0.2, -0.15) is 0 Å². The molecule has 2 aromatic carbocycles. The predicted octanol–water partition coefficient (Wildman–Crippen LogP) is 5.03. The molecule has 0 aliphatic rings. The normalized spacial score (nSPS) is 11.5. The largest absolute Gasteiger partial charge is 0.260 e. The van der Waals surface area contributed by atoms with Crippen molar-refractivity contribution in [3.63, 3.8) is 0 Å². The molecule has 2 heterocycles. The molecule has 0 amide bonds. The average Bonchev–Trinajstić information content (AvgIpc) is 3.05. The molecule has 0 N–H and O–H groups in total. The van der Waals surface area contributed by atoms with E-state index in [1.807, 2.05) is 16.5 Å². The number of para-hydroxylation sites is 1. The van der Waals surface area contributed by atoms with Gasteiger partial charge in [0.15, 0.2) is 5.16 Å². The zero-order valence-corrected chi connectivity index (χ0v) is 13.6. The fraction of sp³-hybridized carbons (Fsp3) is 0.0667. The van der Waals surface area contributed by atoms with E-state index >= 15 is 0 Å². The molecule has 110 valence electrons. The van der Waals surface area contributed by atoms with Crippen molar-refractivity contribution in [1.29, 1.82) is 0 Å². The van der Waals surface area contributed by atoms with Gasteiger partial charge in [0.2, 0.25) is 4.96 Å². The number of nitrogens with zero attached hydrogens (tertiary/aromatic N) is 3. The summed E-state index contributed by atoms with van der Waals surface area (Å²) in [7, 11) is 0. The summed E-state index contributed by atoms with van der Waals surface area (Å²) in [5.41, 5.74) is 1.98. The average molecular weight is 350 g/mol. The summed E-state index contributed by atoms with van der Waals surface area (Å²) >= 11 is 9.22. The van der Waals surface area contributed by atoms with Crippen LogP contribution in [0.3, 0.4) is 0 Å². The lowest BCUT2D eigenvalue weighted by Crippen LogP contribution is -1.88. The van der Waals surface area contributed by atoms with Crippen LogP contribution in [-0.4, -0.2) is 14.6 Å². The van der Waals surface area contributed by atoms with Gasteiger partial charge < -0.3 is 0 Å². The minimum Gasteiger partial charge on any atom is -0.260 e. The van der Waals surface area contributed by atoms with Crippen LogP contribution in [0.4, 0.5) is 4.39 Å². The van der Waals surface area contributed by atoms with E-state index in [0.717, 1.165) is 21.2 Å². The highest BCUT2D eigenvalue weighted by molar-refractivity contribution is 7.98. The minimum absolute atomic E-state index is 0.326. The van der Waals surface area contributed by atoms with Gasteiger partial charge in [0.05, 0.1) is 10.2 Å². The molecule has 0 atom stereocenters. The Labute approximate surface area is 138 Å². The lowest BCUT2D eigenvalue weighted by atomic mass is 10.2. The molecule has 0 aliphatic carbocycles. The van der Waals surface area contributed by atoms with E-state index in [9.17, 15) is 4.39 Å². The van der Waals surface area contributed by atoms with Crippen molar-refractivity contribution in [2.24, 2.45) is 0 Å². The van der Waals surface area contributed by atoms with Crippen LogP contribution >= 0.6 is 34.7 Å². The van der Waals surface area contributed by atoms with Crippen molar-refractivity contribution in [3.8, 4) is 0 Å². The summed E-state index contributed by atoms with van der Waals surface area (Å²) in [6, 6.07) is 12.6. The first-order valence-corrected chi connectivity index (χ1v) is 8.70. The summed E-state index contributed by atoms with van der Waals surface area (Å²) in [5.74, 6) is 0.289. The number of fused-ring (bicyclic) bond motifs is 3. The molecule has 0 saturated heterocycles. The van der Waals surface area contributed by atoms with Gasteiger partial charge in [0.25, 0.3) is 0 Å². The van der Waals surface area contributed by atoms with Gasteiger partial charge in [-0.3, -0.25) is 4.40 Å². The zero-order chi connectivity index (χ0) is 15.1. The maximum Gasteiger partial charge on any atom is 0.217 e. The maximum absolute atomic E-state index is 13.1. The van der Waals surface area contributed by atoms with Crippen molar-refractivity contribution in [3.05, 3.63) is 58.9 Å². The summed E-state index contributed by atoms with van der Waals surface area (Å²) in [6.45, 7) is 0. The highest BCUT2D eigenvalue weighted by atomic mass is 35.5. The Hall–Kier alpha value is -1.63. The van der Waals surface area contributed by atoms with Gasteiger partial charge >= 0.3 is 0 Å². The van der Waals surface area contributed by atoms with Crippen molar-refractivity contribution < 1.29 is 4.39 Å². The standard InChI is InChI=1S/C15H9ClFN3S2/c16-11-7-10(17)6-5-9(11)8-21-14-18-19-15-20(14)12-3-1-2-4-13(12)22-15/h1-7H,8H2. The molecule has 3 nitrogen and oxygen atoms in total. The smallest absolute Gasteiger partial charge is 0.217 e. The van der Waals surface area contributed by atoms with E-state index in [1.165, 1.54) is 28.6 Å². The monoisotopic (exact) mass is 349 g/mol. The molecule has 2 aromatic heterocycles. The Morgan fingerprint density at radius 1 is 1.18 bits per heavy atom. The topological polar surface area (TPSA) is 30.2 Å². The van der Waals surface area contributed by atoms with Crippen LogP contribution in [0.25, 0.3) is 15.2 Å². The van der Waals surface area contributed by atoms with E-state index in [2.05, 4.69) is 22.3 Å². The first kappa shape index (κ1) is 14.0. The summed E-state index contributed by atoms with van der Waals surface area (Å²) in [5, 5.41) is 9.71. The fourth-order valence-corrected chi connectivity index (χ4v) is 4.51. The number of rotatable bonds is 3. The van der Waals surface area contributed by atoms with Crippen LogP contribution in [-0.2, 0) is 5.75 Å². The molecular formula is C15H9ClFN3S2. The summed E-state index contributed by atoms with van der Waals surface area (Å²) < 4.78 is 16.3. The molecule has 0 saturated carbocycles. The Kier molecular flexibility index (Phi) is 3.52. The Morgan fingerprint density at radius 3 is 2.91 bits per heavy atom. The third-order valence-electron chi connectivity index (χ3n) is 3.28. The minimum atomic E-state index is -0.326. The highest BCUT2D eigenvalue weighted by Crippen LogP contribution is 2.31. The molecule has 0 bridgehead atoms. The first-order valence-electron chi connectivity index (χ1n) is 6.52. The van der Waals surface area contributed by atoms with Crippen molar-refractivity contribution in [2.45, 2.75) is 10.9 Å². The Balaban J connectivity index is 1.69. The molecule has 0 spiro atoms. The van der Waals surface area contributed by atoms with Crippen LogP contribution in [0.2, 0.25) is 5.02 Å². The third kappa shape index (κ3) is 2.37. The fourth-order valence-electron chi connectivity index (χ4n) is 2.23. The Bertz CT molecular complexity index is 979. The van der Waals surface area contributed by atoms with Gasteiger partial charge in [-0.1, -0.05) is 52.9 Å². The molecular weight excluding hydrogens is 341 g/mol. The molecule has 22 heavy (non-hydrogen) atoms. The lowest BCUT2D eigenvalue weighted by molar-refractivity contribution is 0.627. The van der Waals surface area contributed by atoms with Crippen LogP contribution < -0.4 is 0 Å². The van der Waals surface area contributed by atoms with Crippen molar-refractivity contribution in [2.75, 3.05) is 0 Å². The molecule has 4 rings (SSSR count). The number of halogens is 2. The van der Waals surface area contributed by atoms with Crippen molar-refractivity contribution >= 4 is 49.9 Å². The van der Waals surface area contributed by atoms with Gasteiger partial charge in [-0.15, -0.1) is 10.2 Å². The van der Waals surface area contributed by atoms with Crippen LogP contribution in [0, 0.1) is 5.82 Å². The second kappa shape index (κ2) is 5.53. The van der Waals surface area contributed by atoms with Crippen LogP contribution in [0.5, 0.6) is 0 Å². The summed E-state index contributed by atoms with van der Waals surface area (Å²) in [6.07, 6.45) is 0. The zero-order valence-electron chi connectivity index (χ0n) is 11.2. The van der Waals surface area contributed by atoms with Crippen molar-refractivity contribution in [1.82, 2.24) is 14.6 Å². The molecule has 0 fully saturated rings. The SMILES string of the molecule is Fc1ccc(CSc2nnc3sc4ccccc4n23)c(Cl)c1. The molecule has 0 aliphatic heterocycles. The maximum atomic E-state index is 13.1. The Morgan fingerprint density at radius 2 is 2.05 bits per heavy atom. The molecule has 0 unspecified atom stereocenters. The van der Waals surface area contributed by atoms with Crippen LogP contribution in [0.15, 0.2) is 47.6 Å². The predicted molar refractivity (Wildman–Crippen MR) is 89.3 cm³/mol. The number of hydrogen-bond donors (Lipinski definition) is 0. The van der Waals surface area contributed by atoms with E-state index < -0.39 is 0 Å². The second-order valence-electron chi connectivity index (χ2n) is 4.69.